The lowest BCUT2D eigenvalue weighted by Gasteiger charge is -2.29. The molecular formula is C25H29N3O3S. The minimum Gasteiger partial charge on any atom is -0.379 e. The molecule has 0 aliphatic carbocycles. The first-order valence-electron chi connectivity index (χ1n) is 11.2. The molecule has 2 heterocycles. The number of aromatic nitrogens is 2. The van der Waals surface area contributed by atoms with E-state index in [1.165, 1.54) is 17.3 Å². The van der Waals surface area contributed by atoms with E-state index < -0.39 is 0 Å². The summed E-state index contributed by atoms with van der Waals surface area (Å²) < 4.78 is 7.33. The summed E-state index contributed by atoms with van der Waals surface area (Å²) in [7, 11) is 0. The van der Waals surface area contributed by atoms with E-state index in [1.807, 2.05) is 55.1 Å². The predicted octanol–water partition coefficient (Wildman–Crippen LogP) is 4.28. The number of rotatable bonds is 8. The first-order valence-corrected chi connectivity index (χ1v) is 12.2. The number of anilines is 1. The molecular weight excluding hydrogens is 422 g/mol. The van der Waals surface area contributed by atoms with Crippen LogP contribution in [0, 0.1) is 0 Å². The van der Waals surface area contributed by atoms with Crippen molar-refractivity contribution in [1.82, 2.24) is 9.55 Å². The number of carbonyl (C=O) groups is 1. The van der Waals surface area contributed by atoms with Gasteiger partial charge in [0.2, 0.25) is 5.91 Å². The fourth-order valence-electron chi connectivity index (χ4n) is 3.99. The van der Waals surface area contributed by atoms with Crippen LogP contribution in [0.1, 0.15) is 32.3 Å². The zero-order valence-corrected chi connectivity index (χ0v) is 19.4. The Bertz CT molecular complexity index is 1160. The number of thioether (sulfide) groups is 1. The van der Waals surface area contributed by atoms with Crippen molar-refractivity contribution >= 4 is 34.3 Å². The summed E-state index contributed by atoms with van der Waals surface area (Å²) in [5, 5.41) is 1.18. The molecule has 0 fully saturated rings. The maximum absolute atomic E-state index is 13.2. The van der Waals surface area contributed by atoms with Crippen molar-refractivity contribution in [3.8, 4) is 0 Å². The lowest BCUT2D eigenvalue weighted by atomic mass is 10.0. The van der Waals surface area contributed by atoms with E-state index in [9.17, 15) is 9.59 Å². The van der Waals surface area contributed by atoms with Crippen LogP contribution in [-0.4, -0.2) is 40.5 Å². The van der Waals surface area contributed by atoms with Crippen LogP contribution in [0.4, 0.5) is 5.69 Å². The first kappa shape index (κ1) is 22.6. The molecule has 32 heavy (non-hydrogen) atoms. The Kier molecular flexibility index (Phi) is 7.27. The summed E-state index contributed by atoms with van der Waals surface area (Å²) in [4.78, 5) is 32.9. The fourth-order valence-corrected chi connectivity index (χ4v) is 4.89. The van der Waals surface area contributed by atoms with E-state index in [0.717, 1.165) is 25.1 Å². The summed E-state index contributed by atoms with van der Waals surface area (Å²) in [5.74, 6) is 0.279. The average Bonchev–Trinajstić information content (AvgIpc) is 2.81. The summed E-state index contributed by atoms with van der Waals surface area (Å²) in [5.41, 5.74) is 2.80. The Balaban J connectivity index is 1.54. The first-order chi connectivity index (χ1) is 15.5. The molecule has 7 heteroatoms. The summed E-state index contributed by atoms with van der Waals surface area (Å²) in [6.07, 6.45) is 2.82. The number of hydrogen-bond acceptors (Lipinski definition) is 5. The van der Waals surface area contributed by atoms with Crippen molar-refractivity contribution in [3.05, 3.63) is 64.4 Å². The molecule has 0 bridgehead atoms. The number of para-hydroxylation sites is 2. The van der Waals surface area contributed by atoms with Crippen molar-refractivity contribution in [2.24, 2.45) is 0 Å². The number of carbonyl (C=O) groups excluding carboxylic acids is 1. The van der Waals surface area contributed by atoms with Crippen LogP contribution in [0.3, 0.4) is 0 Å². The van der Waals surface area contributed by atoms with Gasteiger partial charge in [-0.2, -0.15) is 0 Å². The third kappa shape index (κ3) is 5.05. The predicted molar refractivity (Wildman–Crippen MR) is 130 cm³/mol. The van der Waals surface area contributed by atoms with E-state index in [4.69, 9.17) is 9.72 Å². The third-order valence-corrected chi connectivity index (χ3v) is 6.50. The van der Waals surface area contributed by atoms with Gasteiger partial charge in [-0.1, -0.05) is 42.1 Å². The molecule has 4 rings (SSSR count). The molecule has 0 atom stereocenters. The molecule has 1 aliphatic rings. The molecule has 0 saturated heterocycles. The molecule has 0 unspecified atom stereocenters. The molecule has 2 aromatic carbocycles. The van der Waals surface area contributed by atoms with Gasteiger partial charge in [0, 0.05) is 25.4 Å². The van der Waals surface area contributed by atoms with Crippen LogP contribution in [-0.2, 0) is 22.5 Å². The molecule has 3 aromatic rings. The number of nitrogens with zero attached hydrogens (tertiary/aromatic N) is 3. The highest BCUT2D eigenvalue weighted by molar-refractivity contribution is 7.99. The van der Waals surface area contributed by atoms with Crippen molar-refractivity contribution < 1.29 is 9.53 Å². The van der Waals surface area contributed by atoms with Crippen molar-refractivity contribution in [2.75, 3.05) is 23.8 Å². The van der Waals surface area contributed by atoms with Crippen LogP contribution >= 0.6 is 11.8 Å². The van der Waals surface area contributed by atoms with E-state index in [-0.39, 0.29) is 23.3 Å². The molecule has 0 N–H and O–H groups in total. The maximum Gasteiger partial charge on any atom is 0.262 e. The highest BCUT2D eigenvalue weighted by Gasteiger charge is 2.23. The van der Waals surface area contributed by atoms with Crippen LogP contribution in [0.25, 0.3) is 10.9 Å². The SMILES string of the molecule is CC(C)OCCCn1c(SCC(=O)N2CCCc3ccccc32)nc2ccccc2c1=O. The standard InChI is InChI=1S/C25H29N3O3S/c1-18(2)31-16-8-15-28-24(30)20-11-4-5-12-21(20)26-25(28)32-17-23(29)27-14-7-10-19-9-3-6-13-22(19)27/h3-6,9,11-13,18H,7-8,10,14-17H2,1-2H3. The van der Waals surface area contributed by atoms with Crippen LogP contribution < -0.4 is 10.5 Å². The number of amides is 1. The lowest BCUT2D eigenvalue weighted by Crippen LogP contribution is -2.36. The molecule has 1 aromatic heterocycles. The van der Waals surface area contributed by atoms with E-state index >= 15 is 0 Å². The summed E-state index contributed by atoms with van der Waals surface area (Å²) in [6, 6.07) is 15.5. The van der Waals surface area contributed by atoms with Gasteiger partial charge in [0.1, 0.15) is 0 Å². The third-order valence-electron chi connectivity index (χ3n) is 5.54. The average molecular weight is 452 g/mol. The minimum absolute atomic E-state index is 0.0410. The zero-order valence-electron chi connectivity index (χ0n) is 18.6. The van der Waals surface area contributed by atoms with Gasteiger partial charge in [-0.15, -0.1) is 0 Å². The van der Waals surface area contributed by atoms with Gasteiger partial charge in [0.25, 0.3) is 5.56 Å². The van der Waals surface area contributed by atoms with Gasteiger partial charge in [-0.25, -0.2) is 4.98 Å². The van der Waals surface area contributed by atoms with Gasteiger partial charge in [-0.3, -0.25) is 14.2 Å². The molecule has 1 aliphatic heterocycles. The quantitative estimate of drug-likeness (QED) is 0.291. The number of hydrogen-bond donors (Lipinski definition) is 0. The van der Waals surface area contributed by atoms with Crippen LogP contribution in [0.5, 0.6) is 0 Å². The highest BCUT2D eigenvalue weighted by atomic mass is 32.2. The number of fused-ring (bicyclic) bond motifs is 2. The maximum atomic E-state index is 13.2. The molecule has 0 saturated carbocycles. The van der Waals surface area contributed by atoms with Crippen LogP contribution in [0.15, 0.2) is 58.5 Å². The zero-order chi connectivity index (χ0) is 22.5. The number of aryl methyl sites for hydroxylation is 1. The molecule has 168 valence electrons. The molecule has 0 spiro atoms. The van der Waals surface area contributed by atoms with Crippen molar-refractivity contribution in [1.29, 1.82) is 0 Å². The van der Waals surface area contributed by atoms with Crippen LogP contribution in [0.2, 0.25) is 0 Å². The normalized spacial score (nSPS) is 13.5. The monoisotopic (exact) mass is 451 g/mol. The van der Waals surface area contributed by atoms with E-state index in [2.05, 4.69) is 6.07 Å². The largest absolute Gasteiger partial charge is 0.379 e. The van der Waals surface area contributed by atoms with Crippen molar-refractivity contribution in [3.63, 3.8) is 0 Å². The molecule has 6 nitrogen and oxygen atoms in total. The lowest BCUT2D eigenvalue weighted by molar-refractivity contribution is -0.116. The summed E-state index contributed by atoms with van der Waals surface area (Å²) in [6.45, 7) is 5.79. The Labute approximate surface area is 192 Å². The van der Waals surface area contributed by atoms with Gasteiger partial charge in [0.15, 0.2) is 5.16 Å². The Morgan fingerprint density at radius 2 is 1.94 bits per heavy atom. The second kappa shape index (κ2) is 10.3. The molecule has 1 amide bonds. The summed E-state index contributed by atoms with van der Waals surface area (Å²) >= 11 is 1.34. The minimum atomic E-state index is -0.0709. The smallest absolute Gasteiger partial charge is 0.262 e. The second-order valence-corrected chi connectivity index (χ2v) is 9.15. The van der Waals surface area contributed by atoms with Gasteiger partial charge in [0.05, 0.1) is 22.8 Å². The number of benzene rings is 2. The number of ether oxygens (including phenoxy) is 1. The Morgan fingerprint density at radius 3 is 2.78 bits per heavy atom. The highest BCUT2D eigenvalue weighted by Crippen LogP contribution is 2.28. The van der Waals surface area contributed by atoms with Gasteiger partial charge < -0.3 is 9.64 Å². The van der Waals surface area contributed by atoms with Gasteiger partial charge in [-0.05, 0) is 56.9 Å². The Hall–Kier alpha value is -2.64. The van der Waals surface area contributed by atoms with E-state index in [0.29, 0.717) is 35.6 Å². The van der Waals surface area contributed by atoms with Crippen molar-refractivity contribution in [2.45, 2.75) is 50.9 Å². The van der Waals surface area contributed by atoms with Gasteiger partial charge >= 0.3 is 0 Å². The van der Waals surface area contributed by atoms with E-state index in [1.54, 1.807) is 10.6 Å². The topological polar surface area (TPSA) is 64.4 Å². The fraction of sp³-hybridized carbons (Fsp3) is 0.400. The Morgan fingerprint density at radius 1 is 1.16 bits per heavy atom. The molecule has 0 radical (unpaired) electrons. The second-order valence-electron chi connectivity index (χ2n) is 8.21.